The molecule has 0 aliphatic carbocycles. The molecule has 0 spiro atoms. The highest BCUT2D eigenvalue weighted by Crippen LogP contribution is 2.37. The Morgan fingerprint density at radius 1 is 1.03 bits per heavy atom. The molecule has 7 heteroatoms. The van der Waals surface area contributed by atoms with Gasteiger partial charge in [0.1, 0.15) is 12.4 Å². The third-order valence-corrected chi connectivity index (χ3v) is 6.69. The van der Waals surface area contributed by atoms with Crippen molar-refractivity contribution in [3.05, 3.63) is 87.9 Å². The number of nitrogen functional groups attached to an aromatic ring is 1. The highest BCUT2D eigenvalue weighted by molar-refractivity contribution is 6.33. The fourth-order valence-corrected chi connectivity index (χ4v) is 4.70. The van der Waals surface area contributed by atoms with Crippen LogP contribution >= 0.6 is 23.2 Å². The summed E-state index contributed by atoms with van der Waals surface area (Å²) in [5.41, 5.74) is 10.1. The average molecular weight is 500 g/mol. The Bertz CT molecular complexity index is 1070. The first-order chi connectivity index (χ1) is 16.4. The number of nitrogens with zero attached hydrogens (tertiary/aromatic N) is 2. The maximum atomic E-state index is 9.49. The van der Waals surface area contributed by atoms with E-state index in [-0.39, 0.29) is 12.6 Å². The molecule has 34 heavy (non-hydrogen) atoms. The number of ether oxygens (including phenoxy) is 1. The number of aliphatic hydroxyl groups is 1. The number of piperazine rings is 1. The largest absolute Gasteiger partial charge is 0.491 e. The fourth-order valence-electron chi connectivity index (χ4n) is 4.30. The van der Waals surface area contributed by atoms with Crippen LogP contribution in [-0.4, -0.2) is 48.9 Å². The number of halogens is 2. The summed E-state index contributed by atoms with van der Waals surface area (Å²) < 4.78 is 5.63. The van der Waals surface area contributed by atoms with Crippen LogP contribution in [0.3, 0.4) is 0 Å². The van der Waals surface area contributed by atoms with Gasteiger partial charge in [-0.2, -0.15) is 0 Å². The first-order valence-electron chi connectivity index (χ1n) is 11.6. The Hall–Kier alpha value is -2.44. The van der Waals surface area contributed by atoms with E-state index in [2.05, 4.69) is 34.1 Å². The summed E-state index contributed by atoms with van der Waals surface area (Å²) >= 11 is 12.9. The molecule has 0 amide bonds. The molecule has 0 radical (unpaired) electrons. The van der Waals surface area contributed by atoms with Crippen LogP contribution < -0.4 is 15.4 Å². The van der Waals surface area contributed by atoms with Crippen molar-refractivity contribution in [1.29, 1.82) is 0 Å². The van der Waals surface area contributed by atoms with Gasteiger partial charge >= 0.3 is 0 Å². The van der Waals surface area contributed by atoms with E-state index in [9.17, 15) is 5.11 Å². The van der Waals surface area contributed by atoms with Gasteiger partial charge in [-0.1, -0.05) is 47.5 Å². The Labute approximate surface area is 211 Å². The molecule has 3 aromatic rings. The van der Waals surface area contributed by atoms with Crippen LogP contribution in [0.1, 0.15) is 24.1 Å². The SMILES string of the molecule is C[C@H](O)COc1ccc(N2CCN(CCc3ccc(N)cc3)C[C@H]2c2ccc(Cl)cc2)c(Cl)c1. The maximum absolute atomic E-state index is 9.49. The van der Waals surface area contributed by atoms with Gasteiger partial charge in [0, 0.05) is 43.0 Å². The summed E-state index contributed by atoms with van der Waals surface area (Å²) in [7, 11) is 0. The van der Waals surface area contributed by atoms with E-state index in [0.717, 1.165) is 49.0 Å². The molecular weight excluding hydrogens is 469 g/mol. The minimum absolute atomic E-state index is 0.138. The molecule has 2 atom stereocenters. The van der Waals surface area contributed by atoms with Crippen molar-refractivity contribution in [2.24, 2.45) is 0 Å². The molecule has 0 saturated carbocycles. The zero-order chi connectivity index (χ0) is 24.1. The van der Waals surface area contributed by atoms with Gasteiger partial charge in [-0.05, 0) is 60.9 Å². The highest BCUT2D eigenvalue weighted by Gasteiger charge is 2.29. The summed E-state index contributed by atoms with van der Waals surface area (Å²) in [5.74, 6) is 0.653. The topological polar surface area (TPSA) is 62.0 Å². The van der Waals surface area contributed by atoms with Crippen LogP contribution in [0.4, 0.5) is 11.4 Å². The standard InChI is InChI=1S/C27H31Cl2N3O2/c1-19(33)18-34-24-10-11-26(25(29)16-24)32-15-14-31(13-12-20-2-8-23(30)9-3-20)17-27(32)21-4-6-22(28)7-5-21/h2-11,16,19,27,33H,12-15,17-18,30H2,1H3/t19-,27-/m0/s1. The van der Waals surface area contributed by atoms with Crippen molar-refractivity contribution < 1.29 is 9.84 Å². The van der Waals surface area contributed by atoms with Crippen molar-refractivity contribution in [3.8, 4) is 5.75 Å². The number of rotatable bonds is 8. The Balaban J connectivity index is 1.52. The smallest absolute Gasteiger partial charge is 0.121 e. The van der Waals surface area contributed by atoms with Gasteiger partial charge in [-0.25, -0.2) is 0 Å². The van der Waals surface area contributed by atoms with E-state index in [1.54, 1.807) is 6.92 Å². The molecule has 1 aliphatic heterocycles. The molecule has 180 valence electrons. The minimum atomic E-state index is -0.533. The van der Waals surface area contributed by atoms with E-state index < -0.39 is 6.10 Å². The van der Waals surface area contributed by atoms with Crippen LogP contribution in [0, 0.1) is 0 Å². The zero-order valence-corrected chi connectivity index (χ0v) is 20.8. The summed E-state index contributed by atoms with van der Waals surface area (Å²) in [4.78, 5) is 4.86. The first kappa shape index (κ1) is 24.7. The van der Waals surface area contributed by atoms with Crippen LogP contribution in [-0.2, 0) is 6.42 Å². The minimum Gasteiger partial charge on any atom is -0.491 e. The van der Waals surface area contributed by atoms with E-state index in [1.807, 2.05) is 42.5 Å². The molecule has 1 aliphatic rings. The van der Waals surface area contributed by atoms with Crippen LogP contribution in [0.5, 0.6) is 5.75 Å². The quantitative estimate of drug-likeness (QED) is 0.404. The summed E-state index contributed by atoms with van der Waals surface area (Å²) in [6, 6.07) is 22.1. The average Bonchev–Trinajstić information content (AvgIpc) is 2.83. The predicted octanol–water partition coefficient (Wildman–Crippen LogP) is 5.44. The van der Waals surface area contributed by atoms with Crippen molar-refractivity contribution in [2.75, 3.05) is 43.4 Å². The van der Waals surface area contributed by atoms with Gasteiger partial charge in [-0.3, -0.25) is 4.90 Å². The molecule has 0 aromatic heterocycles. The van der Waals surface area contributed by atoms with Gasteiger partial charge < -0.3 is 20.5 Å². The first-order valence-corrected chi connectivity index (χ1v) is 12.3. The maximum Gasteiger partial charge on any atom is 0.121 e. The molecule has 0 bridgehead atoms. The predicted molar refractivity (Wildman–Crippen MR) is 141 cm³/mol. The number of hydrogen-bond donors (Lipinski definition) is 2. The fraction of sp³-hybridized carbons (Fsp3) is 0.333. The lowest BCUT2D eigenvalue weighted by molar-refractivity contribution is 0.123. The second-order valence-electron chi connectivity index (χ2n) is 8.83. The van der Waals surface area contributed by atoms with Gasteiger partial charge in [0.25, 0.3) is 0 Å². The number of nitrogens with two attached hydrogens (primary N) is 1. The molecule has 1 fully saturated rings. The molecule has 0 unspecified atom stereocenters. The molecule has 4 rings (SSSR count). The molecular formula is C27H31Cl2N3O2. The van der Waals surface area contributed by atoms with Crippen LogP contribution in [0.25, 0.3) is 0 Å². The monoisotopic (exact) mass is 499 g/mol. The van der Waals surface area contributed by atoms with E-state index >= 15 is 0 Å². The second kappa shape index (κ2) is 11.3. The third kappa shape index (κ3) is 6.36. The van der Waals surface area contributed by atoms with Gasteiger partial charge in [0.2, 0.25) is 0 Å². The second-order valence-corrected chi connectivity index (χ2v) is 9.67. The van der Waals surface area contributed by atoms with E-state index in [1.165, 1.54) is 11.1 Å². The van der Waals surface area contributed by atoms with Crippen LogP contribution in [0.15, 0.2) is 66.7 Å². The molecule has 3 N–H and O–H groups in total. The lowest BCUT2D eigenvalue weighted by Crippen LogP contribution is -2.49. The Morgan fingerprint density at radius 3 is 2.44 bits per heavy atom. The summed E-state index contributed by atoms with van der Waals surface area (Å²) in [6.45, 7) is 5.57. The van der Waals surface area contributed by atoms with Crippen molar-refractivity contribution in [3.63, 3.8) is 0 Å². The van der Waals surface area contributed by atoms with E-state index in [4.69, 9.17) is 33.7 Å². The summed E-state index contributed by atoms with van der Waals surface area (Å²) in [6.07, 6.45) is 0.443. The molecule has 3 aromatic carbocycles. The molecule has 1 saturated heterocycles. The van der Waals surface area contributed by atoms with Crippen molar-refractivity contribution in [2.45, 2.75) is 25.5 Å². The normalized spacial score (nSPS) is 17.5. The molecule has 1 heterocycles. The zero-order valence-electron chi connectivity index (χ0n) is 19.3. The Morgan fingerprint density at radius 2 is 1.76 bits per heavy atom. The van der Waals surface area contributed by atoms with Gasteiger partial charge in [0.15, 0.2) is 0 Å². The van der Waals surface area contributed by atoms with Crippen molar-refractivity contribution >= 4 is 34.6 Å². The Kier molecular flexibility index (Phi) is 8.22. The lowest BCUT2D eigenvalue weighted by atomic mass is 10.0. The highest BCUT2D eigenvalue weighted by atomic mass is 35.5. The summed E-state index contributed by atoms with van der Waals surface area (Å²) in [5, 5.41) is 10.9. The number of anilines is 2. The molecule has 5 nitrogen and oxygen atoms in total. The van der Waals surface area contributed by atoms with Gasteiger partial charge in [-0.15, -0.1) is 0 Å². The van der Waals surface area contributed by atoms with Crippen molar-refractivity contribution in [1.82, 2.24) is 4.90 Å². The lowest BCUT2D eigenvalue weighted by Gasteiger charge is -2.43. The number of aliphatic hydroxyl groups excluding tert-OH is 1. The van der Waals surface area contributed by atoms with E-state index in [0.29, 0.717) is 10.8 Å². The number of benzene rings is 3. The van der Waals surface area contributed by atoms with Gasteiger partial charge in [0.05, 0.1) is 22.9 Å². The van der Waals surface area contributed by atoms with Crippen LogP contribution in [0.2, 0.25) is 10.0 Å². The third-order valence-electron chi connectivity index (χ3n) is 6.14. The number of hydrogen-bond acceptors (Lipinski definition) is 5.